The number of likely N-dealkylation sites (tertiary alicyclic amines) is 1. The van der Waals surface area contributed by atoms with Crippen molar-refractivity contribution in [2.75, 3.05) is 13.1 Å². The minimum absolute atomic E-state index is 0.0107. The molecule has 0 aliphatic carbocycles. The van der Waals surface area contributed by atoms with Gasteiger partial charge in [0.1, 0.15) is 5.76 Å². The number of nitrogens with one attached hydrogen (secondary N) is 1. The van der Waals surface area contributed by atoms with Crippen LogP contribution in [0.4, 0.5) is 0 Å². The topological polar surface area (TPSA) is 88.3 Å². The smallest absolute Gasteiger partial charge is 0.253 e. The number of hydrogen-bond donors (Lipinski definition) is 1. The fourth-order valence-electron chi connectivity index (χ4n) is 3.58. The third kappa shape index (κ3) is 5.32. The van der Waals surface area contributed by atoms with Gasteiger partial charge in [-0.1, -0.05) is 17.3 Å². The van der Waals surface area contributed by atoms with Crippen molar-refractivity contribution >= 4 is 23.6 Å². The molecule has 1 aliphatic rings. The van der Waals surface area contributed by atoms with Gasteiger partial charge < -0.3 is 14.7 Å². The predicted octanol–water partition coefficient (Wildman–Crippen LogP) is 3.70. The van der Waals surface area contributed by atoms with Crippen LogP contribution in [0.5, 0.6) is 0 Å². The first kappa shape index (κ1) is 21.1. The average molecular weight is 437 g/mol. The normalized spacial score (nSPS) is 14.4. The summed E-state index contributed by atoms with van der Waals surface area (Å²) in [5.74, 6) is 1.32. The monoisotopic (exact) mass is 436 g/mol. The van der Waals surface area contributed by atoms with Crippen LogP contribution in [0.2, 0.25) is 0 Å². The minimum atomic E-state index is -0.0873. The summed E-state index contributed by atoms with van der Waals surface area (Å²) in [5, 5.41) is 7.04. The molecule has 0 saturated carbocycles. The zero-order valence-electron chi connectivity index (χ0n) is 17.3. The van der Waals surface area contributed by atoms with Crippen LogP contribution in [-0.2, 0) is 5.75 Å². The third-order valence-corrected chi connectivity index (χ3v) is 6.32. The summed E-state index contributed by atoms with van der Waals surface area (Å²) in [4.78, 5) is 32.2. The fourth-order valence-corrected chi connectivity index (χ4v) is 4.51. The molecule has 1 fully saturated rings. The second kappa shape index (κ2) is 9.78. The molecule has 0 atom stereocenters. The van der Waals surface area contributed by atoms with E-state index in [1.165, 1.54) is 0 Å². The van der Waals surface area contributed by atoms with Crippen LogP contribution in [0.1, 0.15) is 45.0 Å². The van der Waals surface area contributed by atoms with E-state index in [1.807, 2.05) is 42.2 Å². The number of carbonyl (C=O) groups is 2. The van der Waals surface area contributed by atoms with Crippen molar-refractivity contribution in [2.24, 2.45) is 0 Å². The van der Waals surface area contributed by atoms with Gasteiger partial charge in [0.25, 0.3) is 11.8 Å². The number of piperidine rings is 1. The first-order valence-corrected chi connectivity index (χ1v) is 11.2. The van der Waals surface area contributed by atoms with Crippen LogP contribution in [0.25, 0.3) is 0 Å². The number of thioether (sulfide) groups is 1. The molecule has 2 aromatic heterocycles. The number of nitrogens with zero attached hydrogens (tertiary/aromatic N) is 3. The Bertz CT molecular complexity index is 1050. The number of pyridine rings is 1. The maximum Gasteiger partial charge on any atom is 0.253 e. The number of amides is 2. The average Bonchev–Trinajstić information content (AvgIpc) is 3.23. The third-order valence-electron chi connectivity index (χ3n) is 5.22. The Kier molecular flexibility index (Phi) is 6.66. The zero-order valence-corrected chi connectivity index (χ0v) is 18.1. The summed E-state index contributed by atoms with van der Waals surface area (Å²) in [6.07, 6.45) is 4.71. The highest BCUT2D eigenvalue weighted by molar-refractivity contribution is 7.98. The first-order chi connectivity index (χ1) is 15.1. The van der Waals surface area contributed by atoms with Gasteiger partial charge in [0.2, 0.25) is 0 Å². The zero-order chi connectivity index (χ0) is 21.6. The van der Waals surface area contributed by atoms with E-state index in [0.29, 0.717) is 30.0 Å². The van der Waals surface area contributed by atoms with Crippen LogP contribution < -0.4 is 5.32 Å². The van der Waals surface area contributed by atoms with Crippen molar-refractivity contribution < 1.29 is 14.1 Å². The predicted molar refractivity (Wildman–Crippen MR) is 118 cm³/mol. The Morgan fingerprint density at radius 2 is 1.90 bits per heavy atom. The summed E-state index contributed by atoms with van der Waals surface area (Å²) in [7, 11) is 0. The minimum Gasteiger partial charge on any atom is -0.360 e. The molecule has 1 saturated heterocycles. The van der Waals surface area contributed by atoms with Crippen LogP contribution in [0.15, 0.2) is 64.3 Å². The van der Waals surface area contributed by atoms with Gasteiger partial charge in [-0.25, -0.2) is 0 Å². The van der Waals surface area contributed by atoms with E-state index >= 15 is 0 Å². The Hall–Kier alpha value is -3.13. The number of carbonyl (C=O) groups excluding carboxylic acids is 2. The highest BCUT2D eigenvalue weighted by atomic mass is 32.2. The highest BCUT2D eigenvalue weighted by Gasteiger charge is 2.25. The number of aromatic nitrogens is 2. The van der Waals surface area contributed by atoms with Gasteiger partial charge in [0, 0.05) is 48.1 Å². The van der Waals surface area contributed by atoms with Crippen molar-refractivity contribution in [1.29, 1.82) is 0 Å². The highest BCUT2D eigenvalue weighted by Crippen LogP contribution is 2.27. The van der Waals surface area contributed by atoms with E-state index in [1.54, 1.807) is 36.3 Å². The Morgan fingerprint density at radius 1 is 1.16 bits per heavy atom. The summed E-state index contributed by atoms with van der Waals surface area (Å²) in [6.45, 7) is 3.12. The fraction of sp³-hybridized carbons (Fsp3) is 0.304. The lowest BCUT2D eigenvalue weighted by molar-refractivity contribution is 0.0697. The van der Waals surface area contributed by atoms with E-state index in [4.69, 9.17) is 4.52 Å². The molecule has 0 radical (unpaired) electrons. The molecular formula is C23H24N4O3S. The summed E-state index contributed by atoms with van der Waals surface area (Å²) in [6, 6.07) is 13.0. The lowest BCUT2D eigenvalue weighted by Gasteiger charge is -2.32. The molecule has 0 unspecified atom stereocenters. The molecule has 8 heteroatoms. The second-order valence-corrected chi connectivity index (χ2v) is 8.51. The molecular weight excluding hydrogens is 412 g/mol. The Morgan fingerprint density at radius 3 is 2.61 bits per heavy atom. The molecule has 1 N–H and O–H groups in total. The number of benzene rings is 1. The molecule has 160 valence electrons. The molecule has 3 heterocycles. The molecule has 7 nitrogen and oxygen atoms in total. The van der Waals surface area contributed by atoms with Crippen molar-refractivity contribution in [1.82, 2.24) is 20.4 Å². The standard InChI is InChI=1S/C23H24N4O3S/c1-16-14-19(30-26-16)15-31-21-5-3-2-4-20(21)22(28)25-18-8-12-27(13-9-18)23(29)17-6-10-24-11-7-17/h2-7,10-11,14,18H,8-9,12-13,15H2,1H3,(H,25,28). The number of hydrogen-bond acceptors (Lipinski definition) is 6. The summed E-state index contributed by atoms with van der Waals surface area (Å²) in [5.41, 5.74) is 2.14. The van der Waals surface area contributed by atoms with Crippen molar-refractivity contribution in [2.45, 2.75) is 36.5 Å². The second-order valence-electron chi connectivity index (χ2n) is 7.50. The molecule has 2 amide bonds. The van der Waals surface area contributed by atoms with Gasteiger partial charge in [-0.3, -0.25) is 14.6 Å². The van der Waals surface area contributed by atoms with E-state index < -0.39 is 0 Å². The van der Waals surface area contributed by atoms with Crippen LogP contribution >= 0.6 is 11.8 Å². The van der Waals surface area contributed by atoms with Gasteiger partial charge in [0.15, 0.2) is 0 Å². The van der Waals surface area contributed by atoms with Crippen molar-refractivity contribution in [3.63, 3.8) is 0 Å². The van der Waals surface area contributed by atoms with Crippen LogP contribution in [0.3, 0.4) is 0 Å². The largest absolute Gasteiger partial charge is 0.360 e. The number of rotatable bonds is 6. The Balaban J connectivity index is 1.32. The quantitative estimate of drug-likeness (QED) is 0.593. The van der Waals surface area contributed by atoms with Crippen LogP contribution in [-0.4, -0.2) is 46.0 Å². The van der Waals surface area contributed by atoms with E-state index in [-0.39, 0.29) is 17.9 Å². The molecule has 0 bridgehead atoms. The maximum absolute atomic E-state index is 12.9. The van der Waals surface area contributed by atoms with Gasteiger partial charge in [-0.2, -0.15) is 0 Å². The van der Waals surface area contributed by atoms with E-state index in [2.05, 4.69) is 15.5 Å². The summed E-state index contributed by atoms with van der Waals surface area (Å²) >= 11 is 1.55. The molecule has 3 aromatic rings. The first-order valence-electron chi connectivity index (χ1n) is 10.2. The SMILES string of the molecule is Cc1cc(CSc2ccccc2C(=O)NC2CCN(C(=O)c3ccncc3)CC2)on1. The summed E-state index contributed by atoms with van der Waals surface area (Å²) < 4.78 is 5.26. The van der Waals surface area contributed by atoms with Gasteiger partial charge in [-0.15, -0.1) is 11.8 Å². The molecule has 0 spiro atoms. The lowest BCUT2D eigenvalue weighted by atomic mass is 10.0. The van der Waals surface area contributed by atoms with Gasteiger partial charge >= 0.3 is 0 Å². The van der Waals surface area contributed by atoms with Gasteiger partial charge in [-0.05, 0) is 44.0 Å². The van der Waals surface area contributed by atoms with Crippen molar-refractivity contribution in [3.8, 4) is 0 Å². The van der Waals surface area contributed by atoms with Crippen molar-refractivity contribution in [3.05, 3.63) is 77.4 Å². The Labute approximate surface area is 185 Å². The maximum atomic E-state index is 12.9. The van der Waals surface area contributed by atoms with Gasteiger partial charge in [0.05, 0.1) is 17.0 Å². The molecule has 4 rings (SSSR count). The molecule has 1 aromatic carbocycles. The van der Waals surface area contributed by atoms with Crippen LogP contribution in [0, 0.1) is 6.92 Å². The van der Waals surface area contributed by atoms with E-state index in [9.17, 15) is 9.59 Å². The molecule has 1 aliphatic heterocycles. The number of aryl methyl sites for hydroxylation is 1. The lowest BCUT2D eigenvalue weighted by Crippen LogP contribution is -2.46. The van der Waals surface area contributed by atoms with E-state index in [0.717, 1.165) is 29.2 Å². The molecule has 31 heavy (non-hydrogen) atoms.